The Balaban J connectivity index is 1.62. The molecule has 0 aromatic heterocycles. The van der Waals surface area contributed by atoms with Crippen molar-refractivity contribution in [2.45, 2.75) is 6.92 Å². The first kappa shape index (κ1) is 22.6. The lowest BCUT2D eigenvalue weighted by Gasteiger charge is -2.10. The molecule has 0 N–H and O–H groups in total. The van der Waals surface area contributed by atoms with Crippen molar-refractivity contribution in [3.8, 4) is 28.4 Å². The molecule has 3 rings (SSSR count). The van der Waals surface area contributed by atoms with Crippen LogP contribution < -0.4 is 14.2 Å². The topological polar surface area (TPSA) is 88.1 Å². The van der Waals surface area contributed by atoms with Crippen molar-refractivity contribution in [1.29, 1.82) is 0 Å². The molecule has 0 aliphatic carbocycles. The van der Waals surface area contributed by atoms with E-state index >= 15 is 0 Å². The van der Waals surface area contributed by atoms with Crippen LogP contribution in [0.2, 0.25) is 0 Å². The number of ketones is 1. The van der Waals surface area contributed by atoms with Crippen molar-refractivity contribution >= 4 is 17.7 Å². The summed E-state index contributed by atoms with van der Waals surface area (Å²) in [6.07, 6.45) is 0. The molecule has 0 fully saturated rings. The molecule has 0 aliphatic rings. The largest absolute Gasteiger partial charge is 0.497 e. The third-order valence-corrected chi connectivity index (χ3v) is 4.61. The Kier molecular flexibility index (Phi) is 7.23. The summed E-state index contributed by atoms with van der Waals surface area (Å²) in [5.41, 5.74) is 2.38. The van der Waals surface area contributed by atoms with Crippen LogP contribution >= 0.6 is 0 Å². The van der Waals surface area contributed by atoms with Gasteiger partial charge in [-0.3, -0.25) is 9.59 Å². The van der Waals surface area contributed by atoms with Crippen molar-refractivity contribution in [2.24, 2.45) is 0 Å². The second kappa shape index (κ2) is 10.3. The van der Waals surface area contributed by atoms with Crippen molar-refractivity contribution in [2.75, 3.05) is 20.8 Å². The quantitative estimate of drug-likeness (QED) is 0.296. The Bertz CT molecular complexity index is 1120. The number of ether oxygens (including phenoxy) is 4. The van der Waals surface area contributed by atoms with E-state index in [1.807, 2.05) is 12.1 Å². The lowest BCUT2D eigenvalue weighted by molar-refractivity contribution is -0.131. The number of carbonyl (C=O) groups excluding carboxylic acids is 3. The normalized spacial score (nSPS) is 10.2. The zero-order valence-electron chi connectivity index (χ0n) is 17.9. The molecule has 0 atom stereocenters. The number of rotatable bonds is 8. The van der Waals surface area contributed by atoms with E-state index in [4.69, 9.17) is 18.9 Å². The van der Waals surface area contributed by atoms with Crippen molar-refractivity contribution in [3.05, 3.63) is 77.9 Å². The number of carbonyl (C=O) groups is 3. The summed E-state index contributed by atoms with van der Waals surface area (Å²) >= 11 is 0. The first-order chi connectivity index (χ1) is 15.4. The molecular weight excluding hydrogens is 412 g/mol. The number of hydrogen-bond donors (Lipinski definition) is 0. The monoisotopic (exact) mass is 434 g/mol. The number of benzene rings is 3. The molecule has 3 aromatic rings. The molecule has 0 amide bonds. The fraction of sp³-hybridized carbons (Fsp3) is 0.160. The minimum Gasteiger partial charge on any atom is -0.497 e. The third kappa shape index (κ3) is 5.51. The van der Waals surface area contributed by atoms with Crippen LogP contribution in [0.3, 0.4) is 0 Å². The molecule has 0 spiro atoms. The van der Waals surface area contributed by atoms with E-state index in [9.17, 15) is 14.4 Å². The van der Waals surface area contributed by atoms with Crippen LogP contribution in [0.15, 0.2) is 66.7 Å². The van der Waals surface area contributed by atoms with Gasteiger partial charge in [-0.1, -0.05) is 24.3 Å². The summed E-state index contributed by atoms with van der Waals surface area (Å²) in [4.78, 5) is 35.8. The van der Waals surface area contributed by atoms with Gasteiger partial charge >= 0.3 is 11.9 Å². The molecule has 0 saturated carbocycles. The minimum absolute atomic E-state index is 0.300. The highest BCUT2D eigenvalue weighted by Crippen LogP contribution is 2.26. The lowest BCUT2D eigenvalue weighted by Crippen LogP contribution is -2.15. The summed E-state index contributed by atoms with van der Waals surface area (Å²) in [5.74, 6) is -0.0277. The van der Waals surface area contributed by atoms with Gasteiger partial charge in [-0.05, 0) is 47.5 Å². The molecule has 0 unspecified atom stereocenters. The maximum absolute atomic E-state index is 12.5. The van der Waals surface area contributed by atoms with Gasteiger partial charge in [0.1, 0.15) is 17.2 Å². The molecule has 0 radical (unpaired) electrons. The predicted molar refractivity (Wildman–Crippen MR) is 117 cm³/mol. The summed E-state index contributed by atoms with van der Waals surface area (Å²) in [7, 11) is 2.96. The maximum atomic E-state index is 12.5. The highest BCUT2D eigenvalue weighted by Gasteiger charge is 2.16. The zero-order chi connectivity index (χ0) is 23.1. The van der Waals surface area contributed by atoms with E-state index in [0.717, 1.165) is 11.1 Å². The van der Waals surface area contributed by atoms with E-state index in [-0.39, 0.29) is 11.8 Å². The fourth-order valence-electron chi connectivity index (χ4n) is 3.00. The molecule has 7 nitrogen and oxygen atoms in total. The van der Waals surface area contributed by atoms with Crippen LogP contribution in [0, 0.1) is 0 Å². The van der Waals surface area contributed by atoms with Gasteiger partial charge in [0.2, 0.25) is 5.78 Å². The molecule has 3 aromatic carbocycles. The lowest BCUT2D eigenvalue weighted by atomic mass is 10.0. The van der Waals surface area contributed by atoms with Gasteiger partial charge in [-0.25, -0.2) is 4.79 Å². The van der Waals surface area contributed by atoms with Crippen LogP contribution in [-0.4, -0.2) is 38.5 Å². The molecule has 7 heteroatoms. The average Bonchev–Trinajstić information content (AvgIpc) is 2.82. The van der Waals surface area contributed by atoms with Gasteiger partial charge in [0.25, 0.3) is 0 Å². The summed E-state index contributed by atoms with van der Waals surface area (Å²) in [5, 5.41) is 0. The van der Waals surface area contributed by atoms with Crippen LogP contribution in [-0.2, 0) is 9.53 Å². The molecule has 0 aliphatic heterocycles. The molecule has 164 valence electrons. The van der Waals surface area contributed by atoms with Crippen molar-refractivity contribution in [3.63, 3.8) is 0 Å². The standard InChI is InChI=1S/C25H22O7/c1-16(26)32-20-10-8-18(9-11-20)17-4-6-19(7-5-17)25(28)31-15-23(27)22-13-12-21(29-2)14-24(22)30-3/h4-14H,15H2,1-3H3. The van der Waals surface area contributed by atoms with Gasteiger partial charge < -0.3 is 18.9 Å². The first-order valence-corrected chi connectivity index (χ1v) is 9.72. The van der Waals surface area contributed by atoms with Crippen LogP contribution in [0.1, 0.15) is 27.6 Å². The molecular formula is C25H22O7. The SMILES string of the molecule is COc1ccc(C(=O)COC(=O)c2ccc(-c3ccc(OC(C)=O)cc3)cc2)c(OC)c1. The van der Waals surface area contributed by atoms with Crippen molar-refractivity contribution < 1.29 is 33.3 Å². The molecule has 0 heterocycles. The molecule has 0 bridgehead atoms. The minimum atomic E-state index is -0.609. The predicted octanol–water partition coefficient (Wildman–Crippen LogP) is 4.34. The van der Waals surface area contributed by atoms with Gasteiger partial charge in [0, 0.05) is 13.0 Å². The van der Waals surface area contributed by atoms with Crippen LogP contribution in [0.4, 0.5) is 0 Å². The van der Waals surface area contributed by atoms with E-state index in [2.05, 4.69) is 0 Å². The van der Waals surface area contributed by atoms with E-state index in [1.165, 1.54) is 21.1 Å². The average molecular weight is 434 g/mol. The third-order valence-electron chi connectivity index (χ3n) is 4.61. The van der Waals surface area contributed by atoms with Gasteiger partial charge in [-0.15, -0.1) is 0 Å². The van der Waals surface area contributed by atoms with Gasteiger partial charge in [0.05, 0.1) is 25.3 Å². The Labute approximate surface area is 185 Å². The van der Waals surface area contributed by atoms with E-state index < -0.39 is 12.6 Å². The smallest absolute Gasteiger partial charge is 0.338 e. The first-order valence-electron chi connectivity index (χ1n) is 9.72. The van der Waals surface area contributed by atoms with Crippen LogP contribution in [0.5, 0.6) is 17.2 Å². The highest BCUT2D eigenvalue weighted by molar-refractivity contribution is 6.01. The summed E-state index contributed by atoms with van der Waals surface area (Å²) in [6.45, 7) is 0.924. The summed E-state index contributed by atoms with van der Waals surface area (Å²) < 4.78 is 20.5. The number of esters is 2. The maximum Gasteiger partial charge on any atom is 0.338 e. The van der Waals surface area contributed by atoms with Crippen molar-refractivity contribution in [1.82, 2.24) is 0 Å². The zero-order valence-corrected chi connectivity index (χ0v) is 17.9. The Morgan fingerprint density at radius 3 is 1.91 bits per heavy atom. The summed E-state index contributed by atoms with van der Waals surface area (Å²) in [6, 6.07) is 18.6. The number of Topliss-reactive ketones (excluding diaryl/α,β-unsaturated/α-hetero) is 1. The Hall–Kier alpha value is -4.13. The Morgan fingerprint density at radius 1 is 0.750 bits per heavy atom. The second-order valence-electron chi connectivity index (χ2n) is 6.76. The van der Waals surface area contributed by atoms with Gasteiger partial charge in [0.15, 0.2) is 6.61 Å². The molecule has 32 heavy (non-hydrogen) atoms. The Morgan fingerprint density at radius 2 is 1.34 bits per heavy atom. The fourth-order valence-corrected chi connectivity index (χ4v) is 3.00. The molecule has 0 saturated heterocycles. The van der Waals surface area contributed by atoms with Crippen LogP contribution in [0.25, 0.3) is 11.1 Å². The second-order valence-corrected chi connectivity index (χ2v) is 6.76. The van der Waals surface area contributed by atoms with E-state index in [0.29, 0.717) is 28.4 Å². The highest BCUT2D eigenvalue weighted by atomic mass is 16.5. The van der Waals surface area contributed by atoms with Gasteiger partial charge in [-0.2, -0.15) is 0 Å². The number of hydrogen-bond acceptors (Lipinski definition) is 7. The number of methoxy groups -OCH3 is 2. The van der Waals surface area contributed by atoms with E-state index in [1.54, 1.807) is 54.6 Å².